The molecule has 6 rings (SSSR count). The van der Waals surface area contributed by atoms with Crippen LogP contribution in [0.5, 0.6) is 5.88 Å². The molecule has 3 N–H and O–H groups in total. The summed E-state index contributed by atoms with van der Waals surface area (Å²) in [5.41, 5.74) is 4.02. The summed E-state index contributed by atoms with van der Waals surface area (Å²) in [5, 5.41) is 15.3. The summed E-state index contributed by atoms with van der Waals surface area (Å²) < 4.78 is 9.89. The van der Waals surface area contributed by atoms with E-state index in [4.69, 9.17) is 14.7 Å². The lowest BCUT2D eigenvalue weighted by Crippen LogP contribution is -2.31. The van der Waals surface area contributed by atoms with Crippen LogP contribution in [0.25, 0.3) is 11.3 Å². The van der Waals surface area contributed by atoms with Crippen LogP contribution in [-0.4, -0.2) is 49.7 Å². The standard InChI is InChI=1S/C26H34N8O/c1-17(2)35-25-5-3-4-23-31-20(16-33(23)25)14-29-24-12-22(28-13-18-8-10-27-11-9-18)32-26-21(19-6-7-19)15-30-34(24)26/h3-5,12,15-19,27,29H,6-11,13-14H2,1-2H3,(H,28,32). The van der Waals surface area contributed by atoms with E-state index in [1.165, 1.54) is 31.2 Å². The lowest BCUT2D eigenvalue weighted by molar-refractivity contribution is 0.230. The van der Waals surface area contributed by atoms with E-state index >= 15 is 0 Å². The Bertz CT molecular complexity index is 1320. The van der Waals surface area contributed by atoms with E-state index in [1.54, 1.807) is 0 Å². The van der Waals surface area contributed by atoms with Crippen molar-refractivity contribution in [3.63, 3.8) is 0 Å². The van der Waals surface area contributed by atoms with Crippen molar-refractivity contribution in [3.8, 4) is 5.88 Å². The molecule has 1 saturated carbocycles. The molecule has 184 valence electrons. The van der Waals surface area contributed by atoms with Gasteiger partial charge in [0.05, 0.1) is 24.5 Å². The lowest BCUT2D eigenvalue weighted by Gasteiger charge is -2.23. The average molecular weight is 475 g/mol. The summed E-state index contributed by atoms with van der Waals surface area (Å²) in [6.45, 7) is 7.79. The van der Waals surface area contributed by atoms with Crippen LogP contribution in [0.3, 0.4) is 0 Å². The fourth-order valence-electron chi connectivity index (χ4n) is 4.85. The molecule has 1 aliphatic heterocycles. The van der Waals surface area contributed by atoms with E-state index in [1.807, 2.05) is 53.4 Å². The monoisotopic (exact) mass is 474 g/mol. The van der Waals surface area contributed by atoms with Crippen molar-refractivity contribution in [3.05, 3.63) is 47.9 Å². The third kappa shape index (κ3) is 4.77. The van der Waals surface area contributed by atoms with Crippen LogP contribution >= 0.6 is 0 Å². The lowest BCUT2D eigenvalue weighted by atomic mass is 9.98. The van der Waals surface area contributed by atoms with Gasteiger partial charge in [0.25, 0.3) is 0 Å². The van der Waals surface area contributed by atoms with E-state index in [0.29, 0.717) is 18.4 Å². The molecule has 0 spiro atoms. The van der Waals surface area contributed by atoms with E-state index < -0.39 is 0 Å². The number of imidazole rings is 1. The Morgan fingerprint density at radius 1 is 1.11 bits per heavy atom. The van der Waals surface area contributed by atoms with Crippen molar-refractivity contribution >= 4 is 22.9 Å². The van der Waals surface area contributed by atoms with Crippen LogP contribution in [0.4, 0.5) is 11.6 Å². The summed E-state index contributed by atoms with van der Waals surface area (Å²) in [4.78, 5) is 9.76. The first-order valence-corrected chi connectivity index (χ1v) is 12.8. The minimum Gasteiger partial charge on any atom is -0.476 e. The maximum Gasteiger partial charge on any atom is 0.199 e. The SMILES string of the molecule is CC(C)Oc1cccc2nc(CNc3cc(NCC4CCNCC4)nc4c(C5CC5)cnn34)cn12. The number of nitrogens with one attached hydrogen (secondary N) is 3. The van der Waals surface area contributed by atoms with Crippen molar-refractivity contribution in [1.82, 2.24) is 29.3 Å². The molecule has 0 bridgehead atoms. The van der Waals surface area contributed by atoms with E-state index in [-0.39, 0.29) is 6.10 Å². The number of piperidine rings is 1. The van der Waals surface area contributed by atoms with E-state index in [0.717, 1.165) is 54.1 Å². The summed E-state index contributed by atoms with van der Waals surface area (Å²) in [5.74, 6) is 3.89. The molecule has 1 saturated heterocycles. The predicted molar refractivity (Wildman–Crippen MR) is 137 cm³/mol. The number of rotatable bonds is 9. The molecule has 0 radical (unpaired) electrons. The van der Waals surface area contributed by atoms with Crippen molar-refractivity contribution in [1.29, 1.82) is 0 Å². The second-order valence-electron chi connectivity index (χ2n) is 10.1. The third-order valence-electron chi connectivity index (χ3n) is 6.86. The van der Waals surface area contributed by atoms with E-state index in [9.17, 15) is 0 Å². The highest BCUT2D eigenvalue weighted by atomic mass is 16.5. The number of anilines is 2. The number of hydrogen-bond donors (Lipinski definition) is 3. The zero-order valence-corrected chi connectivity index (χ0v) is 20.5. The summed E-state index contributed by atoms with van der Waals surface area (Å²) in [6.07, 6.45) is 8.98. The highest BCUT2D eigenvalue weighted by Crippen LogP contribution is 2.42. The van der Waals surface area contributed by atoms with Gasteiger partial charge in [-0.3, -0.25) is 4.40 Å². The predicted octanol–water partition coefficient (Wildman–Crippen LogP) is 4.07. The molecule has 9 nitrogen and oxygen atoms in total. The molecular weight excluding hydrogens is 440 g/mol. The summed E-state index contributed by atoms with van der Waals surface area (Å²) in [6, 6.07) is 8.02. The van der Waals surface area contributed by atoms with Gasteiger partial charge in [0.15, 0.2) is 11.5 Å². The number of pyridine rings is 1. The van der Waals surface area contributed by atoms with Gasteiger partial charge in [-0.2, -0.15) is 9.61 Å². The summed E-state index contributed by atoms with van der Waals surface area (Å²) in [7, 11) is 0. The molecule has 0 aromatic carbocycles. The highest BCUT2D eigenvalue weighted by molar-refractivity contribution is 5.61. The van der Waals surface area contributed by atoms with Gasteiger partial charge < -0.3 is 20.7 Å². The van der Waals surface area contributed by atoms with Gasteiger partial charge in [0.1, 0.15) is 17.3 Å². The Balaban J connectivity index is 1.25. The number of fused-ring (bicyclic) bond motifs is 2. The molecule has 35 heavy (non-hydrogen) atoms. The second kappa shape index (κ2) is 9.37. The van der Waals surface area contributed by atoms with Crippen molar-refractivity contribution < 1.29 is 4.74 Å². The van der Waals surface area contributed by atoms with Crippen LogP contribution in [0.15, 0.2) is 36.7 Å². The van der Waals surface area contributed by atoms with Crippen LogP contribution in [-0.2, 0) is 6.54 Å². The number of ether oxygens (including phenoxy) is 1. The smallest absolute Gasteiger partial charge is 0.199 e. The van der Waals surface area contributed by atoms with Gasteiger partial charge >= 0.3 is 0 Å². The fraction of sp³-hybridized carbons (Fsp3) is 0.500. The Morgan fingerprint density at radius 3 is 2.77 bits per heavy atom. The van der Waals surface area contributed by atoms with E-state index in [2.05, 4.69) is 27.1 Å². The maximum absolute atomic E-state index is 5.95. The Labute approximate surface area is 205 Å². The number of aromatic nitrogens is 5. The largest absolute Gasteiger partial charge is 0.476 e. The highest BCUT2D eigenvalue weighted by Gasteiger charge is 2.28. The van der Waals surface area contributed by atoms with Gasteiger partial charge in [0.2, 0.25) is 0 Å². The number of hydrogen-bond acceptors (Lipinski definition) is 7. The van der Waals surface area contributed by atoms with Crippen LogP contribution in [0, 0.1) is 5.92 Å². The fourth-order valence-corrected chi connectivity index (χ4v) is 4.85. The third-order valence-corrected chi connectivity index (χ3v) is 6.86. The van der Waals surface area contributed by atoms with Gasteiger partial charge in [-0.05, 0) is 76.6 Å². The molecule has 2 aliphatic rings. The topological polar surface area (TPSA) is 92.8 Å². The first-order chi connectivity index (χ1) is 17.1. The Kier molecular flexibility index (Phi) is 5.93. The summed E-state index contributed by atoms with van der Waals surface area (Å²) >= 11 is 0. The van der Waals surface area contributed by atoms with Crippen molar-refractivity contribution in [2.75, 3.05) is 30.3 Å². The Hall–Kier alpha value is -3.33. The van der Waals surface area contributed by atoms with Gasteiger partial charge in [0, 0.05) is 24.4 Å². The molecule has 0 atom stereocenters. The molecular formula is C26H34N8O. The van der Waals surface area contributed by atoms with Crippen molar-refractivity contribution in [2.24, 2.45) is 5.92 Å². The normalized spacial score (nSPS) is 16.9. The van der Waals surface area contributed by atoms with Gasteiger partial charge in [-0.1, -0.05) is 6.07 Å². The molecule has 4 aromatic rings. The molecule has 4 aromatic heterocycles. The quantitative estimate of drug-likeness (QED) is 0.337. The van der Waals surface area contributed by atoms with Crippen LogP contribution in [0.1, 0.15) is 56.7 Å². The van der Waals surface area contributed by atoms with Crippen LogP contribution in [0.2, 0.25) is 0 Å². The maximum atomic E-state index is 5.95. The van der Waals surface area contributed by atoms with Crippen LogP contribution < -0.4 is 20.7 Å². The molecule has 9 heteroatoms. The average Bonchev–Trinajstić information content (AvgIpc) is 3.46. The first kappa shape index (κ1) is 22.2. The minimum absolute atomic E-state index is 0.103. The molecule has 0 unspecified atom stereocenters. The zero-order chi connectivity index (χ0) is 23.8. The second-order valence-corrected chi connectivity index (χ2v) is 10.1. The minimum atomic E-state index is 0.103. The molecule has 0 amide bonds. The zero-order valence-electron chi connectivity index (χ0n) is 20.5. The molecule has 5 heterocycles. The first-order valence-electron chi connectivity index (χ1n) is 12.8. The molecule has 2 fully saturated rings. The Morgan fingerprint density at radius 2 is 1.97 bits per heavy atom. The molecule has 1 aliphatic carbocycles. The van der Waals surface area contributed by atoms with Crippen molar-refractivity contribution in [2.45, 2.75) is 58.1 Å². The van der Waals surface area contributed by atoms with Gasteiger partial charge in [-0.15, -0.1) is 0 Å². The number of nitrogens with zero attached hydrogens (tertiary/aromatic N) is 5. The van der Waals surface area contributed by atoms with Gasteiger partial charge in [-0.25, -0.2) is 9.97 Å².